The minimum absolute atomic E-state index is 0.218. The number of hydrogen-bond donors (Lipinski definition) is 1. The molecule has 112 valence electrons. The van der Waals surface area contributed by atoms with Gasteiger partial charge in [0.2, 0.25) is 0 Å². The van der Waals surface area contributed by atoms with E-state index in [4.69, 9.17) is 16.3 Å². The van der Waals surface area contributed by atoms with Gasteiger partial charge in [-0.1, -0.05) is 24.6 Å². The van der Waals surface area contributed by atoms with Crippen LogP contribution in [0, 0.1) is 0 Å². The summed E-state index contributed by atoms with van der Waals surface area (Å²) >= 11 is 6.20. The van der Waals surface area contributed by atoms with Crippen molar-refractivity contribution in [3.63, 3.8) is 0 Å². The van der Waals surface area contributed by atoms with E-state index in [2.05, 4.69) is 17.0 Å². The quantitative estimate of drug-likeness (QED) is 0.562. The van der Waals surface area contributed by atoms with E-state index in [-0.39, 0.29) is 5.97 Å². The second kappa shape index (κ2) is 9.61. The molecule has 0 amide bonds. The molecule has 0 bridgehead atoms. The number of halogens is 1. The number of ether oxygens (including phenoxy) is 2. The van der Waals surface area contributed by atoms with Gasteiger partial charge in [0.25, 0.3) is 0 Å². The normalized spacial score (nSPS) is 10.3. The largest absolute Gasteiger partial charge is 0.493 e. The number of carbonyl (C=O) groups is 1. The molecule has 0 fully saturated rings. The van der Waals surface area contributed by atoms with Crippen molar-refractivity contribution < 1.29 is 14.3 Å². The summed E-state index contributed by atoms with van der Waals surface area (Å²) < 4.78 is 10.3. The maximum Gasteiger partial charge on any atom is 0.305 e. The summed E-state index contributed by atoms with van der Waals surface area (Å²) in [5, 5.41) is 4.01. The predicted octanol–water partition coefficient (Wildman–Crippen LogP) is 3.17. The van der Waals surface area contributed by atoms with E-state index in [9.17, 15) is 4.79 Å². The Morgan fingerprint density at radius 2 is 2.20 bits per heavy atom. The standard InChI is InChI=1S/C15H22ClNO3/c1-3-9-17-11-12-13(16)6-4-7-14(12)20-10-5-8-15(18)19-2/h4,6-7,17H,3,5,8-11H2,1-2H3. The molecule has 0 aromatic heterocycles. The van der Waals surface area contributed by atoms with E-state index < -0.39 is 0 Å². The van der Waals surface area contributed by atoms with Gasteiger partial charge in [-0.3, -0.25) is 4.79 Å². The van der Waals surface area contributed by atoms with E-state index in [1.807, 2.05) is 18.2 Å². The molecule has 20 heavy (non-hydrogen) atoms. The predicted molar refractivity (Wildman–Crippen MR) is 80.2 cm³/mol. The van der Waals surface area contributed by atoms with Crippen molar-refractivity contribution in [1.29, 1.82) is 0 Å². The highest BCUT2D eigenvalue weighted by atomic mass is 35.5. The Hall–Kier alpha value is -1.26. The van der Waals surface area contributed by atoms with Crippen molar-refractivity contribution in [3.05, 3.63) is 28.8 Å². The minimum atomic E-state index is -0.218. The smallest absolute Gasteiger partial charge is 0.305 e. The zero-order chi connectivity index (χ0) is 14.8. The number of hydrogen-bond acceptors (Lipinski definition) is 4. The SMILES string of the molecule is CCCNCc1c(Cl)cccc1OCCCC(=O)OC. The highest BCUT2D eigenvalue weighted by molar-refractivity contribution is 6.31. The van der Waals surface area contributed by atoms with Crippen LogP contribution in [0.5, 0.6) is 5.75 Å². The molecule has 0 aliphatic rings. The summed E-state index contributed by atoms with van der Waals surface area (Å²) in [4.78, 5) is 11.0. The molecule has 4 nitrogen and oxygen atoms in total. The molecule has 0 saturated carbocycles. The van der Waals surface area contributed by atoms with E-state index in [1.165, 1.54) is 7.11 Å². The highest BCUT2D eigenvalue weighted by Gasteiger charge is 2.08. The van der Waals surface area contributed by atoms with Crippen molar-refractivity contribution in [3.8, 4) is 5.75 Å². The molecule has 1 aromatic carbocycles. The molecule has 0 heterocycles. The fourth-order valence-corrected chi connectivity index (χ4v) is 1.97. The summed E-state index contributed by atoms with van der Waals surface area (Å²) in [6.07, 6.45) is 2.06. The summed E-state index contributed by atoms with van der Waals surface area (Å²) in [7, 11) is 1.39. The van der Waals surface area contributed by atoms with Crippen LogP contribution in [0.3, 0.4) is 0 Å². The van der Waals surface area contributed by atoms with Crippen LogP contribution < -0.4 is 10.1 Å². The van der Waals surface area contributed by atoms with Crippen molar-refractivity contribution in [2.75, 3.05) is 20.3 Å². The van der Waals surface area contributed by atoms with Crippen LogP contribution in [0.15, 0.2) is 18.2 Å². The van der Waals surface area contributed by atoms with Crippen LogP contribution in [0.1, 0.15) is 31.7 Å². The first-order valence-electron chi connectivity index (χ1n) is 6.86. The number of benzene rings is 1. The molecule has 1 rings (SSSR count). The Kier molecular flexibility index (Phi) is 8.07. The lowest BCUT2D eigenvalue weighted by atomic mass is 10.2. The Morgan fingerprint density at radius 3 is 2.90 bits per heavy atom. The molecule has 0 radical (unpaired) electrons. The summed E-state index contributed by atoms with van der Waals surface area (Å²) in [5.74, 6) is 0.551. The van der Waals surface area contributed by atoms with Crippen LogP contribution in [0.25, 0.3) is 0 Å². The average Bonchev–Trinajstić information content (AvgIpc) is 2.45. The molecule has 0 spiro atoms. The molecule has 0 aliphatic carbocycles. The Balaban J connectivity index is 2.51. The Bertz CT molecular complexity index is 424. The van der Waals surface area contributed by atoms with Gasteiger partial charge in [0.05, 0.1) is 13.7 Å². The van der Waals surface area contributed by atoms with Gasteiger partial charge < -0.3 is 14.8 Å². The number of nitrogens with one attached hydrogen (secondary N) is 1. The summed E-state index contributed by atoms with van der Waals surface area (Å²) in [6.45, 7) is 4.20. The molecular formula is C15H22ClNO3. The van der Waals surface area contributed by atoms with Gasteiger partial charge in [0.1, 0.15) is 5.75 Å². The molecule has 0 atom stereocenters. The van der Waals surface area contributed by atoms with Gasteiger partial charge in [-0.2, -0.15) is 0 Å². The fraction of sp³-hybridized carbons (Fsp3) is 0.533. The van der Waals surface area contributed by atoms with E-state index in [1.54, 1.807) is 0 Å². The second-order valence-corrected chi connectivity index (χ2v) is 4.83. The van der Waals surface area contributed by atoms with Crippen LogP contribution in [0.2, 0.25) is 5.02 Å². The third-order valence-electron chi connectivity index (χ3n) is 2.81. The van der Waals surface area contributed by atoms with Gasteiger partial charge in [-0.15, -0.1) is 0 Å². The monoisotopic (exact) mass is 299 g/mol. The van der Waals surface area contributed by atoms with E-state index >= 15 is 0 Å². The molecule has 5 heteroatoms. The second-order valence-electron chi connectivity index (χ2n) is 4.42. The number of rotatable bonds is 9. The van der Waals surface area contributed by atoms with E-state index in [0.29, 0.717) is 31.0 Å². The van der Waals surface area contributed by atoms with Crippen molar-refractivity contribution in [2.24, 2.45) is 0 Å². The maximum atomic E-state index is 11.0. The van der Waals surface area contributed by atoms with Gasteiger partial charge >= 0.3 is 5.97 Å². The first kappa shape index (κ1) is 16.8. The third-order valence-corrected chi connectivity index (χ3v) is 3.17. The van der Waals surface area contributed by atoms with Crippen LogP contribution in [-0.2, 0) is 16.1 Å². The van der Waals surface area contributed by atoms with Gasteiger partial charge in [-0.05, 0) is 31.5 Å². The molecular weight excluding hydrogens is 278 g/mol. The number of esters is 1. The van der Waals surface area contributed by atoms with Crippen molar-refractivity contribution in [1.82, 2.24) is 5.32 Å². The van der Waals surface area contributed by atoms with Crippen molar-refractivity contribution in [2.45, 2.75) is 32.7 Å². The van der Waals surface area contributed by atoms with Gasteiger partial charge in [0.15, 0.2) is 0 Å². The number of methoxy groups -OCH3 is 1. The maximum absolute atomic E-state index is 11.0. The Labute approximate surface area is 125 Å². The third kappa shape index (κ3) is 5.80. The Morgan fingerprint density at radius 1 is 1.40 bits per heavy atom. The van der Waals surface area contributed by atoms with E-state index in [0.717, 1.165) is 24.3 Å². The first-order chi connectivity index (χ1) is 9.69. The molecule has 0 aliphatic heterocycles. The molecule has 1 aromatic rings. The summed E-state index contributed by atoms with van der Waals surface area (Å²) in [5.41, 5.74) is 0.959. The van der Waals surface area contributed by atoms with Gasteiger partial charge in [0, 0.05) is 23.6 Å². The van der Waals surface area contributed by atoms with Gasteiger partial charge in [-0.25, -0.2) is 0 Å². The van der Waals surface area contributed by atoms with Crippen LogP contribution in [0.4, 0.5) is 0 Å². The topological polar surface area (TPSA) is 47.6 Å². The van der Waals surface area contributed by atoms with Crippen LogP contribution >= 0.6 is 11.6 Å². The molecule has 1 N–H and O–H groups in total. The molecule has 0 saturated heterocycles. The van der Waals surface area contributed by atoms with Crippen molar-refractivity contribution >= 4 is 17.6 Å². The minimum Gasteiger partial charge on any atom is -0.493 e. The zero-order valence-electron chi connectivity index (χ0n) is 12.1. The molecule has 0 unspecified atom stereocenters. The summed E-state index contributed by atoms with van der Waals surface area (Å²) in [6, 6.07) is 5.61. The number of carbonyl (C=O) groups excluding carboxylic acids is 1. The lowest BCUT2D eigenvalue weighted by Gasteiger charge is -2.13. The highest BCUT2D eigenvalue weighted by Crippen LogP contribution is 2.26. The van der Waals surface area contributed by atoms with Crippen LogP contribution in [-0.4, -0.2) is 26.2 Å². The lowest BCUT2D eigenvalue weighted by Crippen LogP contribution is -2.15. The zero-order valence-corrected chi connectivity index (χ0v) is 12.8. The average molecular weight is 300 g/mol. The first-order valence-corrected chi connectivity index (χ1v) is 7.24. The lowest BCUT2D eigenvalue weighted by molar-refractivity contribution is -0.140. The fourth-order valence-electron chi connectivity index (χ4n) is 1.74.